The van der Waals surface area contributed by atoms with Crippen molar-refractivity contribution in [1.82, 2.24) is 0 Å². The maximum atomic E-state index is 10.4. The molecule has 1 unspecified atom stereocenters. The van der Waals surface area contributed by atoms with Crippen LogP contribution >= 0.6 is 0 Å². The summed E-state index contributed by atoms with van der Waals surface area (Å²) in [5.74, 6) is -0.867. The van der Waals surface area contributed by atoms with Gasteiger partial charge < -0.3 is 10.8 Å². The van der Waals surface area contributed by atoms with E-state index in [1.807, 2.05) is 45.0 Å². The van der Waals surface area contributed by atoms with Crippen LogP contribution in [0.5, 0.6) is 0 Å². The maximum absolute atomic E-state index is 10.4. The maximum Gasteiger partial charge on any atom is 0.305 e. The van der Waals surface area contributed by atoms with Crippen LogP contribution in [0.3, 0.4) is 0 Å². The van der Waals surface area contributed by atoms with Gasteiger partial charge in [-0.2, -0.15) is 0 Å². The summed E-state index contributed by atoms with van der Waals surface area (Å²) in [6, 6.07) is 7.19. The summed E-state index contributed by atoms with van der Waals surface area (Å²) in [5, 5.41) is 8.53. The quantitative estimate of drug-likeness (QED) is 0.804. The van der Waals surface area contributed by atoms with E-state index in [0.717, 1.165) is 11.1 Å². The Bertz CT molecular complexity index is 310. The van der Waals surface area contributed by atoms with Crippen molar-refractivity contribution in [2.45, 2.75) is 33.2 Å². The summed E-state index contributed by atoms with van der Waals surface area (Å²) < 4.78 is 0. The lowest BCUT2D eigenvalue weighted by Gasteiger charge is -2.09. The Kier molecular flexibility index (Phi) is 6.38. The fourth-order valence-corrected chi connectivity index (χ4v) is 1.21. The van der Waals surface area contributed by atoms with Gasteiger partial charge in [0, 0.05) is 6.04 Å². The van der Waals surface area contributed by atoms with E-state index in [2.05, 4.69) is 0 Å². The molecule has 0 saturated heterocycles. The molecule has 3 nitrogen and oxygen atoms in total. The highest BCUT2D eigenvalue weighted by atomic mass is 16.4. The van der Waals surface area contributed by atoms with Crippen LogP contribution in [0.4, 0.5) is 0 Å². The van der Waals surface area contributed by atoms with Crippen LogP contribution in [0, 0.1) is 6.92 Å². The Morgan fingerprint density at radius 1 is 1.47 bits per heavy atom. The van der Waals surface area contributed by atoms with E-state index < -0.39 is 12.0 Å². The van der Waals surface area contributed by atoms with Crippen molar-refractivity contribution in [2.75, 3.05) is 0 Å². The largest absolute Gasteiger partial charge is 0.481 e. The van der Waals surface area contributed by atoms with E-state index in [4.69, 9.17) is 10.8 Å². The second kappa shape index (κ2) is 7.01. The fourth-order valence-electron chi connectivity index (χ4n) is 1.21. The van der Waals surface area contributed by atoms with Crippen molar-refractivity contribution < 1.29 is 9.90 Å². The zero-order chi connectivity index (χ0) is 11.8. The Balaban J connectivity index is 0.000000921. The van der Waals surface area contributed by atoms with Crippen molar-refractivity contribution in [2.24, 2.45) is 5.73 Å². The third-order valence-corrected chi connectivity index (χ3v) is 1.86. The zero-order valence-electron chi connectivity index (χ0n) is 9.53. The van der Waals surface area contributed by atoms with Gasteiger partial charge in [-0.25, -0.2) is 0 Å². The van der Waals surface area contributed by atoms with Crippen LogP contribution in [-0.2, 0) is 4.79 Å². The molecule has 1 aromatic rings. The zero-order valence-corrected chi connectivity index (χ0v) is 9.53. The highest BCUT2D eigenvalue weighted by Crippen LogP contribution is 2.14. The van der Waals surface area contributed by atoms with E-state index in [0.29, 0.717) is 0 Å². The first-order valence-corrected chi connectivity index (χ1v) is 5.13. The van der Waals surface area contributed by atoms with Gasteiger partial charge in [0.1, 0.15) is 0 Å². The SMILES string of the molecule is CC.Cc1cccc(C(N)CC(=O)O)c1. The first-order valence-electron chi connectivity index (χ1n) is 5.13. The monoisotopic (exact) mass is 209 g/mol. The molecular weight excluding hydrogens is 190 g/mol. The number of aryl methyl sites for hydroxylation is 1. The number of carbonyl (C=O) groups is 1. The van der Waals surface area contributed by atoms with Gasteiger partial charge in [0.15, 0.2) is 0 Å². The Labute approximate surface area is 90.9 Å². The molecule has 1 aromatic carbocycles. The first kappa shape index (κ1) is 13.7. The van der Waals surface area contributed by atoms with Gasteiger partial charge in [0.05, 0.1) is 6.42 Å². The molecular formula is C12H19NO2. The molecule has 0 aliphatic heterocycles. The van der Waals surface area contributed by atoms with Crippen LogP contribution in [0.15, 0.2) is 24.3 Å². The van der Waals surface area contributed by atoms with Crippen LogP contribution < -0.4 is 5.73 Å². The van der Waals surface area contributed by atoms with Gasteiger partial charge in [-0.05, 0) is 12.5 Å². The standard InChI is InChI=1S/C10H13NO2.C2H6/c1-7-3-2-4-8(5-7)9(11)6-10(12)13;1-2/h2-5,9H,6,11H2,1H3,(H,12,13);1-2H3. The summed E-state index contributed by atoms with van der Waals surface area (Å²) in [4.78, 5) is 10.4. The molecule has 0 heterocycles. The number of nitrogens with two attached hydrogens (primary N) is 1. The van der Waals surface area contributed by atoms with E-state index in [-0.39, 0.29) is 6.42 Å². The van der Waals surface area contributed by atoms with Crippen molar-refractivity contribution in [3.63, 3.8) is 0 Å². The van der Waals surface area contributed by atoms with Crippen molar-refractivity contribution in [3.05, 3.63) is 35.4 Å². The van der Waals surface area contributed by atoms with Gasteiger partial charge in [-0.15, -0.1) is 0 Å². The number of carboxylic acid groups (broad SMARTS) is 1. The second-order valence-electron chi connectivity index (χ2n) is 3.12. The topological polar surface area (TPSA) is 63.3 Å². The van der Waals surface area contributed by atoms with Gasteiger partial charge in [0.25, 0.3) is 0 Å². The number of rotatable bonds is 3. The predicted molar refractivity (Wildman–Crippen MR) is 61.7 cm³/mol. The number of hydrogen-bond acceptors (Lipinski definition) is 2. The molecule has 0 aromatic heterocycles. The summed E-state index contributed by atoms with van der Waals surface area (Å²) in [7, 11) is 0. The second-order valence-corrected chi connectivity index (χ2v) is 3.12. The normalized spacial score (nSPS) is 11.2. The fraction of sp³-hybridized carbons (Fsp3) is 0.417. The van der Waals surface area contributed by atoms with E-state index in [1.54, 1.807) is 0 Å². The van der Waals surface area contributed by atoms with Crippen LogP contribution in [-0.4, -0.2) is 11.1 Å². The Morgan fingerprint density at radius 3 is 2.53 bits per heavy atom. The molecule has 3 heteroatoms. The molecule has 0 radical (unpaired) electrons. The van der Waals surface area contributed by atoms with E-state index in [9.17, 15) is 4.79 Å². The summed E-state index contributed by atoms with van der Waals surface area (Å²) in [6.45, 7) is 5.96. The van der Waals surface area contributed by atoms with Crippen molar-refractivity contribution >= 4 is 5.97 Å². The number of carboxylic acids is 1. The van der Waals surface area contributed by atoms with E-state index in [1.165, 1.54) is 0 Å². The third-order valence-electron chi connectivity index (χ3n) is 1.86. The van der Waals surface area contributed by atoms with Gasteiger partial charge in [0.2, 0.25) is 0 Å². The summed E-state index contributed by atoms with van der Waals surface area (Å²) in [6.07, 6.45) is -0.0244. The van der Waals surface area contributed by atoms with Crippen LogP contribution in [0.1, 0.15) is 37.4 Å². The predicted octanol–water partition coefficient (Wildman–Crippen LogP) is 2.50. The molecule has 84 valence electrons. The van der Waals surface area contributed by atoms with E-state index >= 15 is 0 Å². The molecule has 0 aliphatic rings. The van der Waals surface area contributed by atoms with Gasteiger partial charge in [-0.1, -0.05) is 43.7 Å². The van der Waals surface area contributed by atoms with Crippen molar-refractivity contribution in [3.8, 4) is 0 Å². The molecule has 3 N–H and O–H groups in total. The number of aliphatic carboxylic acids is 1. The number of benzene rings is 1. The average Bonchev–Trinajstić information content (AvgIpc) is 2.20. The summed E-state index contributed by atoms with van der Waals surface area (Å²) >= 11 is 0. The minimum Gasteiger partial charge on any atom is -0.481 e. The Hall–Kier alpha value is -1.35. The molecule has 0 aliphatic carbocycles. The van der Waals surface area contributed by atoms with Crippen LogP contribution in [0.25, 0.3) is 0 Å². The smallest absolute Gasteiger partial charge is 0.305 e. The lowest BCUT2D eigenvalue weighted by molar-refractivity contribution is -0.137. The lowest BCUT2D eigenvalue weighted by atomic mass is 10.0. The first-order chi connectivity index (χ1) is 7.09. The minimum atomic E-state index is -0.867. The highest BCUT2D eigenvalue weighted by Gasteiger charge is 2.09. The van der Waals surface area contributed by atoms with Gasteiger partial charge >= 0.3 is 5.97 Å². The molecule has 15 heavy (non-hydrogen) atoms. The number of hydrogen-bond donors (Lipinski definition) is 2. The van der Waals surface area contributed by atoms with Crippen molar-refractivity contribution in [1.29, 1.82) is 0 Å². The molecule has 0 fully saturated rings. The van der Waals surface area contributed by atoms with Crippen LogP contribution in [0.2, 0.25) is 0 Å². The molecule has 0 spiro atoms. The average molecular weight is 209 g/mol. The summed E-state index contributed by atoms with van der Waals surface area (Å²) in [5.41, 5.74) is 7.66. The molecule has 0 saturated carbocycles. The molecule has 1 rings (SSSR count). The lowest BCUT2D eigenvalue weighted by Crippen LogP contribution is -2.14. The molecule has 1 atom stereocenters. The third kappa shape index (κ3) is 5.18. The molecule has 0 amide bonds. The highest BCUT2D eigenvalue weighted by molar-refractivity contribution is 5.67. The molecule has 0 bridgehead atoms. The van der Waals surface area contributed by atoms with Gasteiger partial charge in [-0.3, -0.25) is 4.79 Å². The minimum absolute atomic E-state index is 0.0244. The Morgan fingerprint density at radius 2 is 2.07 bits per heavy atom.